The van der Waals surface area contributed by atoms with Crippen LogP contribution in [0, 0.1) is 0 Å². The van der Waals surface area contributed by atoms with E-state index in [0.717, 1.165) is 29.3 Å². The predicted octanol–water partition coefficient (Wildman–Crippen LogP) is 2.59. The molecule has 2 aliphatic rings. The summed E-state index contributed by atoms with van der Waals surface area (Å²) in [5.74, 6) is -0.770. The minimum atomic E-state index is -0.532. The van der Waals surface area contributed by atoms with Crippen molar-refractivity contribution in [1.29, 1.82) is 0 Å². The van der Waals surface area contributed by atoms with Crippen molar-refractivity contribution >= 4 is 21.8 Å². The van der Waals surface area contributed by atoms with Gasteiger partial charge in [-0.1, -0.05) is 34.1 Å². The molecule has 2 aromatic rings. The van der Waals surface area contributed by atoms with E-state index in [1.807, 2.05) is 18.2 Å². The van der Waals surface area contributed by atoms with E-state index < -0.39 is 11.2 Å². The summed E-state index contributed by atoms with van der Waals surface area (Å²) < 4.78 is 2.65. The number of aromatic nitrogens is 1. The van der Waals surface area contributed by atoms with Gasteiger partial charge in [-0.25, -0.2) is 0 Å². The van der Waals surface area contributed by atoms with Gasteiger partial charge in [-0.3, -0.25) is 19.3 Å². The molecule has 0 aliphatic carbocycles. The number of hydrogen-bond acceptors (Lipinski definition) is 4. The Morgan fingerprint density at radius 1 is 1.12 bits per heavy atom. The quantitative estimate of drug-likeness (QED) is 0.794. The van der Waals surface area contributed by atoms with Crippen molar-refractivity contribution in [2.75, 3.05) is 18.2 Å². The van der Waals surface area contributed by atoms with Crippen LogP contribution in [-0.2, 0) is 0 Å². The van der Waals surface area contributed by atoms with Crippen molar-refractivity contribution in [3.8, 4) is 5.75 Å². The lowest BCUT2D eigenvalue weighted by Gasteiger charge is -2.45. The Morgan fingerprint density at radius 2 is 1.92 bits per heavy atom. The number of pyridine rings is 1. The molecule has 1 fully saturated rings. The van der Waals surface area contributed by atoms with Crippen molar-refractivity contribution in [3.05, 3.63) is 62.5 Å². The topological polar surface area (TPSA) is 65.8 Å². The number of amides is 1. The zero-order valence-corrected chi connectivity index (χ0v) is 15.1. The summed E-state index contributed by atoms with van der Waals surface area (Å²) in [5.41, 5.74) is 0.649. The number of halogens is 1. The highest BCUT2D eigenvalue weighted by Crippen LogP contribution is 2.35. The summed E-state index contributed by atoms with van der Waals surface area (Å²) in [4.78, 5) is 26.3. The molecule has 25 heavy (non-hydrogen) atoms. The minimum Gasteiger partial charge on any atom is -0.502 e. The van der Waals surface area contributed by atoms with Gasteiger partial charge in [0.2, 0.25) is 5.43 Å². The normalized spacial score (nSPS) is 20.0. The number of carbonyl (C=O) groups excluding carboxylic acids is 1. The van der Waals surface area contributed by atoms with Crippen LogP contribution in [0.4, 0.5) is 0 Å². The first-order chi connectivity index (χ1) is 12.1. The summed E-state index contributed by atoms with van der Waals surface area (Å²) in [7, 11) is 0. The third kappa shape index (κ3) is 2.63. The van der Waals surface area contributed by atoms with E-state index in [0.29, 0.717) is 13.2 Å². The Morgan fingerprint density at radius 3 is 2.72 bits per heavy atom. The standard InChI is InChI=1S/C18H18BrN3O3/c19-13-6-2-1-5-12(13)14-7-3-4-9-20-11-22(14)21-10-8-15(23)17(24)16(21)18(20)25/h1-2,5-6,8,10,14,24H,3-4,7,9,11H2. The molecule has 0 saturated carbocycles. The monoisotopic (exact) mass is 403 g/mol. The van der Waals surface area contributed by atoms with Crippen LogP contribution in [0.2, 0.25) is 0 Å². The number of fused-ring (bicyclic) bond motifs is 4. The lowest BCUT2D eigenvalue weighted by Crippen LogP contribution is -2.56. The Kier molecular flexibility index (Phi) is 4.03. The van der Waals surface area contributed by atoms with Crippen LogP contribution in [0.3, 0.4) is 0 Å². The Balaban J connectivity index is 1.90. The first-order valence-corrected chi connectivity index (χ1v) is 9.12. The lowest BCUT2D eigenvalue weighted by molar-refractivity contribution is 0.0654. The molecule has 3 heterocycles. The number of carbonyl (C=O) groups is 1. The fraction of sp³-hybridized carbons (Fsp3) is 0.333. The summed E-state index contributed by atoms with van der Waals surface area (Å²) in [5, 5.41) is 12.3. The second-order valence-electron chi connectivity index (χ2n) is 6.40. The SMILES string of the molecule is O=C1c2c(O)c(=O)ccn2N2CN1CCCCC2c1ccccc1Br. The van der Waals surface area contributed by atoms with Gasteiger partial charge in [-0.2, -0.15) is 0 Å². The van der Waals surface area contributed by atoms with E-state index in [-0.39, 0.29) is 17.6 Å². The summed E-state index contributed by atoms with van der Waals surface area (Å²) in [6.07, 6.45) is 4.40. The molecule has 2 bridgehead atoms. The third-order valence-corrected chi connectivity index (χ3v) is 5.64. The van der Waals surface area contributed by atoms with E-state index >= 15 is 0 Å². The second kappa shape index (κ2) is 6.22. The van der Waals surface area contributed by atoms with E-state index in [9.17, 15) is 14.7 Å². The van der Waals surface area contributed by atoms with Gasteiger partial charge in [0.25, 0.3) is 5.91 Å². The highest BCUT2D eigenvalue weighted by molar-refractivity contribution is 9.10. The van der Waals surface area contributed by atoms with Crippen LogP contribution in [0.25, 0.3) is 0 Å². The third-order valence-electron chi connectivity index (χ3n) is 4.92. The zero-order chi connectivity index (χ0) is 17.6. The average molecular weight is 404 g/mol. The molecule has 1 amide bonds. The van der Waals surface area contributed by atoms with Crippen LogP contribution >= 0.6 is 15.9 Å². The van der Waals surface area contributed by atoms with Crippen LogP contribution in [0.15, 0.2) is 45.8 Å². The van der Waals surface area contributed by atoms with Crippen LogP contribution < -0.4 is 10.4 Å². The number of nitrogens with zero attached hydrogens (tertiary/aromatic N) is 3. The smallest absolute Gasteiger partial charge is 0.277 e. The first kappa shape index (κ1) is 16.2. The molecule has 1 unspecified atom stereocenters. The maximum absolute atomic E-state index is 12.7. The average Bonchev–Trinajstić information content (AvgIpc) is 2.58. The molecule has 1 aromatic heterocycles. The molecule has 4 rings (SSSR count). The highest BCUT2D eigenvalue weighted by Gasteiger charge is 2.36. The lowest BCUT2D eigenvalue weighted by atomic mass is 9.98. The van der Waals surface area contributed by atoms with E-state index in [1.165, 1.54) is 6.07 Å². The van der Waals surface area contributed by atoms with Gasteiger partial charge in [0.15, 0.2) is 11.4 Å². The molecule has 1 atom stereocenters. The number of aromatic hydroxyl groups is 1. The highest BCUT2D eigenvalue weighted by atomic mass is 79.9. The summed E-state index contributed by atoms with van der Waals surface area (Å²) >= 11 is 3.63. The maximum Gasteiger partial charge on any atom is 0.277 e. The molecule has 0 spiro atoms. The van der Waals surface area contributed by atoms with Crippen LogP contribution in [0.5, 0.6) is 5.75 Å². The van der Waals surface area contributed by atoms with Crippen molar-refractivity contribution in [3.63, 3.8) is 0 Å². The maximum atomic E-state index is 12.7. The fourth-order valence-electron chi connectivity index (χ4n) is 3.66. The minimum absolute atomic E-state index is 0.0344. The number of rotatable bonds is 1. The number of benzene rings is 1. The predicted molar refractivity (Wildman–Crippen MR) is 97.2 cm³/mol. The number of hydrogen-bond donors (Lipinski definition) is 1. The van der Waals surface area contributed by atoms with Gasteiger partial charge in [-0.05, 0) is 30.9 Å². The van der Waals surface area contributed by atoms with Crippen molar-refractivity contribution < 1.29 is 9.90 Å². The van der Waals surface area contributed by atoms with Gasteiger partial charge in [-0.15, -0.1) is 0 Å². The zero-order valence-electron chi connectivity index (χ0n) is 13.6. The van der Waals surface area contributed by atoms with E-state index in [2.05, 4.69) is 27.0 Å². The summed E-state index contributed by atoms with van der Waals surface area (Å²) in [6, 6.07) is 9.38. The molecule has 130 valence electrons. The molecule has 1 saturated heterocycles. The Labute approximate surface area is 153 Å². The largest absolute Gasteiger partial charge is 0.502 e. The molecular formula is C18H18BrN3O3. The fourth-order valence-corrected chi connectivity index (χ4v) is 4.21. The Bertz CT molecular complexity index is 895. The van der Waals surface area contributed by atoms with E-state index in [1.54, 1.807) is 15.8 Å². The van der Waals surface area contributed by atoms with Gasteiger partial charge in [0.1, 0.15) is 6.67 Å². The molecule has 1 aromatic carbocycles. The van der Waals surface area contributed by atoms with Crippen molar-refractivity contribution in [1.82, 2.24) is 9.58 Å². The van der Waals surface area contributed by atoms with Crippen molar-refractivity contribution in [2.45, 2.75) is 25.3 Å². The molecule has 1 N–H and O–H groups in total. The molecular weight excluding hydrogens is 386 g/mol. The molecule has 0 radical (unpaired) electrons. The Hall–Kier alpha value is -2.28. The second-order valence-corrected chi connectivity index (χ2v) is 7.26. The van der Waals surface area contributed by atoms with Crippen LogP contribution in [-0.4, -0.2) is 33.8 Å². The molecule has 2 aliphatic heterocycles. The van der Waals surface area contributed by atoms with Crippen molar-refractivity contribution in [2.24, 2.45) is 0 Å². The van der Waals surface area contributed by atoms with Gasteiger partial charge in [0.05, 0.1) is 6.04 Å². The van der Waals surface area contributed by atoms with Gasteiger partial charge in [0, 0.05) is 23.3 Å². The van der Waals surface area contributed by atoms with E-state index in [4.69, 9.17) is 0 Å². The summed E-state index contributed by atoms with van der Waals surface area (Å²) in [6.45, 7) is 1.06. The van der Waals surface area contributed by atoms with Gasteiger partial charge >= 0.3 is 0 Å². The first-order valence-electron chi connectivity index (χ1n) is 8.33. The van der Waals surface area contributed by atoms with Gasteiger partial charge < -0.3 is 10.0 Å². The molecule has 6 nitrogen and oxygen atoms in total. The van der Waals surface area contributed by atoms with Crippen LogP contribution in [0.1, 0.15) is 41.4 Å². The molecule has 7 heteroatoms.